The summed E-state index contributed by atoms with van der Waals surface area (Å²) in [6.45, 7) is 3.80. The van der Waals surface area contributed by atoms with Gasteiger partial charge in [0.2, 0.25) is 0 Å². The Morgan fingerprint density at radius 3 is 2.60 bits per heavy atom. The lowest BCUT2D eigenvalue weighted by Crippen LogP contribution is -2.41. The van der Waals surface area contributed by atoms with Gasteiger partial charge in [-0.2, -0.15) is 0 Å². The van der Waals surface area contributed by atoms with Crippen LogP contribution in [0.2, 0.25) is 0 Å². The highest BCUT2D eigenvalue weighted by Gasteiger charge is 2.23. The molecule has 2 aromatic carbocycles. The van der Waals surface area contributed by atoms with Crippen LogP contribution in [0, 0.1) is 5.92 Å². The quantitative estimate of drug-likeness (QED) is 0.339. The number of rotatable bonds is 7. The number of para-hydroxylation sites is 1. The third kappa shape index (κ3) is 6.17. The summed E-state index contributed by atoms with van der Waals surface area (Å²) in [4.78, 5) is 9.04. The molecule has 0 amide bonds. The minimum atomic E-state index is 0. The van der Waals surface area contributed by atoms with Crippen LogP contribution in [0.4, 0.5) is 5.69 Å². The van der Waals surface area contributed by atoms with Crippen molar-refractivity contribution in [2.75, 3.05) is 52.8 Å². The van der Waals surface area contributed by atoms with Gasteiger partial charge >= 0.3 is 0 Å². The number of ether oxygens (including phenoxy) is 2. The van der Waals surface area contributed by atoms with Gasteiger partial charge in [0.1, 0.15) is 11.5 Å². The summed E-state index contributed by atoms with van der Waals surface area (Å²) in [5.41, 5.74) is 2.40. The van der Waals surface area contributed by atoms with E-state index < -0.39 is 0 Å². The van der Waals surface area contributed by atoms with Crippen molar-refractivity contribution in [3.63, 3.8) is 0 Å². The number of aliphatic imine (C=N–C) groups is 1. The summed E-state index contributed by atoms with van der Waals surface area (Å²) in [6.07, 6.45) is 1.19. The van der Waals surface area contributed by atoms with E-state index in [4.69, 9.17) is 9.47 Å². The lowest BCUT2D eigenvalue weighted by Gasteiger charge is -2.24. The molecule has 1 unspecified atom stereocenters. The van der Waals surface area contributed by atoms with Crippen LogP contribution in [0.3, 0.4) is 0 Å². The molecule has 2 aromatic rings. The first kappa shape index (κ1) is 24.1. The van der Waals surface area contributed by atoms with E-state index in [1.165, 1.54) is 12.1 Å². The molecule has 1 saturated heterocycles. The monoisotopic (exact) mass is 524 g/mol. The molecule has 1 heterocycles. The predicted octanol–water partition coefficient (Wildman–Crippen LogP) is 3.86. The number of nitrogens with zero attached hydrogens (tertiary/aromatic N) is 3. The SMILES string of the molecule is CN=C(NCC1CCN(c2ccccc2)C1)N(C)Cc1ccc(OC)cc1OC.I. The lowest BCUT2D eigenvalue weighted by molar-refractivity contribution is 0.382. The number of nitrogens with one attached hydrogen (secondary N) is 1. The number of benzene rings is 2. The third-order valence-corrected chi connectivity index (χ3v) is 5.43. The van der Waals surface area contributed by atoms with E-state index >= 15 is 0 Å². The van der Waals surface area contributed by atoms with Gasteiger partial charge in [0, 0.05) is 57.6 Å². The zero-order chi connectivity index (χ0) is 20.6. The maximum absolute atomic E-state index is 5.52. The zero-order valence-electron chi connectivity index (χ0n) is 18.3. The van der Waals surface area contributed by atoms with Crippen molar-refractivity contribution in [2.45, 2.75) is 13.0 Å². The smallest absolute Gasteiger partial charge is 0.193 e. The second kappa shape index (κ2) is 11.9. The van der Waals surface area contributed by atoms with E-state index in [-0.39, 0.29) is 24.0 Å². The largest absolute Gasteiger partial charge is 0.497 e. The molecule has 1 fully saturated rings. The third-order valence-electron chi connectivity index (χ3n) is 5.43. The minimum absolute atomic E-state index is 0. The first-order valence-electron chi connectivity index (χ1n) is 10.1. The average Bonchev–Trinajstić information content (AvgIpc) is 3.24. The normalized spacial score (nSPS) is 16.1. The number of guanidine groups is 1. The van der Waals surface area contributed by atoms with E-state index in [1.807, 2.05) is 32.3 Å². The van der Waals surface area contributed by atoms with Gasteiger partial charge in [-0.1, -0.05) is 18.2 Å². The summed E-state index contributed by atoms with van der Waals surface area (Å²) in [5.74, 6) is 3.11. The van der Waals surface area contributed by atoms with Gasteiger partial charge in [-0.15, -0.1) is 24.0 Å². The number of methoxy groups -OCH3 is 2. The molecule has 3 rings (SSSR count). The first-order valence-corrected chi connectivity index (χ1v) is 10.1. The van der Waals surface area contributed by atoms with Crippen molar-refractivity contribution in [3.8, 4) is 11.5 Å². The standard InChI is InChI=1S/C23H32N4O2.HI/c1-24-23(26(2)17-19-10-11-21(28-3)14-22(19)29-4)25-15-18-12-13-27(16-18)20-8-6-5-7-9-20;/h5-11,14,18H,12-13,15-17H2,1-4H3,(H,24,25);1H. The molecule has 0 spiro atoms. The first-order chi connectivity index (χ1) is 14.1. The highest BCUT2D eigenvalue weighted by Crippen LogP contribution is 2.26. The van der Waals surface area contributed by atoms with Crippen LogP contribution in [0.1, 0.15) is 12.0 Å². The lowest BCUT2D eigenvalue weighted by atomic mass is 10.1. The highest BCUT2D eigenvalue weighted by molar-refractivity contribution is 14.0. The Morgan fingerprint density at radius 1 is 1.17 bits per heavy atom. The maximum atomic E-state index is 5.52. The van der Waals surface area contributed by atoms with Crippen LogP contribution in [0.5, 0.6) is 11.5 Å². The van der Waals surface area contributed by atoms with Gasteiger partial charge in [0.05, 0.1) is 14.2 Å². The van der Waals surface area contributed by atoms with Gasteiger partial charge in [0.25, 0.3) is 0 Å². The summed E-state index contributed by atoms with van der Waals surface area (Å²) in [6, 6.07) is 16.5. The molecule has 0 saturated carbocycles. The molecule has 164 valence electrons. The fourth-order valence-electron chi connectivity index (χ4n) is 3.81. The molecule has 0 aliphatic carbocycles. The summed E-state index contributed by atoms with van der Waals surface area (Å²) in [7, 11) is 7.22. The van der Waals surface area contributed by atoms with Crippen LogP contribution < -0.4 is 19.7 Å². The van der Waals surface area contributed by atoms with Crippen molar-refractivity contribution < 1.29 is 9.47 Å². The summed E-state index contributed by atoms with van der Waals surface area (Å²) in [5, 5.41) is 3.55. The van der Waals surface area contributed by atoms with Gasteiger partial charge in [0.15, 0.2) is 5.96 Å². The number of hydrogen-bond donors (Lipinski definition) is 1. The van der Waals surface area contributed by atoms with Crippen molar-refractivity contribution in [1.82, 2.24) is 10.2 Å². The van der Waals surface area contributed by atoms with E-state index in [2.05, 4.69) is 50.4 Å². The molecular weight excluding hydrogens is 491 g/mol. The van der Waals surface area contributed by atoms with E-state index in [0.717, 1.165) is 42.7 Å². The Hall–Kier alpha value is -2.16. The second-order valence-corrected chi connectivity index (χ2v) is 7.40. The van der Waals surface area contributed by atoms with Crippen LogP contribution in [-0.2, 0) is 6.54 Å². The highest BCUT2D eigenvalue weighted by atomic mass is 127. The molecule has 1 aliphatic heterocycles. The van der Waals surface area contributed by atoms with Crippen molar-refractivity contribution in [2.24, 2.45) is 10.9 Å². The van der Waals surface area contributed by atoms with Crippen molar-refractivity contribution in [1.29, 1.82) is 0 Å². The molecular formula is C23H33IN4O2. The van der Waals surface area contributed by atoms with E-state index in [1.54, 1.807) is 14.2 Å². The Labute approximate surface area is 197 Å². The molecule has 1 atom stereocenters. The van der Waals surface area contributed by atoms with Crippen LogP contribution in [0.25, 0.3) is 0 Å². The van der Waals surface area contributed by atoms with Crippen LogP contribution in [0.15, 0.2) is 53.5 Å². The Morgan fingerprint density at radius 2 is 1.93 bits per heavy atom. The predicted molar refractivity (Wildman–Crippen MR) is 135 cm³/mol. The summed E-state index contributed by atoms with van der Waals surface area (Å²) >= 11 is 0. The second-order valence-electron chi connectivity index (χ2n) is 7.40. The number of anilines is 1. The molecule has 0 aromatic heterocycles. The van der Waals surface area contributed by atoms with Gasteiger partial charge < -0.3 is 24.6 Å². The molecule has 30 heavy (non-hydrogen) atoms. The molecule has 1 aliphatic rings. The van der Waals surface area contributed by atoms with Crippen LogP contribution in [-0.4, -0.2) is 58.8 Å². The van der Waals surface area contributed by atoms with E-state index in [0.29, 0.717) is 12.5 Å². The van der Waals surface area contributed by atoms with Crippen LogP contribution >= 0.6 is 24.0 Å². The zero-order valence-corrected chi connectivity index (χ0v) is 20.6. The minimum Gasteiger partial charge on any atom is -0.497 e. The van der Waals surface area contributed by atoms with Crippen molar-refractivity contribution >= 4 is 35.6 Å². The molecule has 0 bridgehead atoms. The number of halogens is 1. The molecule has 1 N–H and O–H groups in total. The van der Waals surface area contributed by atoms with Crippen molar-refractivity contribution in [3.05, 3.63) is 54.1 Å². The fraction of sp³-hybridized carbons (Fsp3) is 0.435. The molecule has 6 nitrogen and oxygen atoms in total. The summed E-state index contributed by atoms with van der Waals surface area (Å²) < 4.78 is 10.8. The van der Waals surface area contributed by atoms with Gasteiger partial charge in [-0.3, -0.25) is 4.99 Å². The van der Waals surface area contributed by atoms with Gasteiger partial charge in [-0.25, -0.2) is 0 Å². The molecule has 0 radical (unpaired) electrons. The maximum Gasteiger partial charge on any atom is 0.193 e. The fourth-order valence-corrected chi connectivity index (χ4v) is 3.81. The Balaban J connectivity index is 0.00000320. The topological polar surface area (TPSA) is 49.3 Å². The Kier molecular flexibility index (Phi) is 9.55. The Bertz CT molecular complexity index is 816. The molecule has 7 heteroatoms. The van der Waals surface area contributed by atoms with E-state index in [9.17, 15) is 0 Å². The average molecular weight is 524 g/mol. The number of hydrogen-bond acceptors (Lipinski definition) is 4. The van der Waals surface area contributed by atoms with Gasteiger partial charge in [-0.05, 0) is 36.6 Å².